The highest BCUT2D eigenvalue weighted by Crippen LogP contribution is 2.31. The van der Waals surface area contributed by atoms with Gasteiger partial charge in [0.1, 0.15) is 6.54 Å². The molecular weight excluding hydrogens is 350 g/mol. The van der Waals surface area contributed by atoms with E-state index in [-0.39, 0.29) is 17.5 Å². The second kappa shape index (κ2) is 7.91. The van der Waals surface area contributed by atoms with Gasteiger partial charge in [0.15, 0.2) is 0 Å². The molecule has 2 rings (SSSR count). The molecule has 0 bridgehead atoms. The molecule has 140 valence electrons. The summed E-state index contributed by atoms with van der Waals surface area (Å²) in [6.45, 7) is 8.73. The summed E-state index contributed by atoms with van der Waals surface area (Å²) in [6, 6.07) is 11.9. The number of hydrogen-bond acceptors (Lipinski definition) is 4. The molecule has 26 heavy (non-hydrogen) atoms. The number of hydrogen-bond donors (Lipinski definition) is 0. The zero-order chi connectivity index (χ0) is 19.5. The van der Waals surface area contributed by atoms with Crippen LogP contribution >= 0.6 is 0 Å². The van der Waals surface area contributed by atoms with Crippen molar-refractivity contribution in [3.05, 3.63) is 59.2 Å². The van der Waals surface area contributed by atoms with E-state index in [2.05, 4.69) is 0 Å². The fraction of sp³-hybridized carbons (Fsp3) is 0.350. The van der Waals surface area contributed by atoms with Crippen LogP contribution < -0.4 is 4.31 Å². The molecule has 0 N–H and O–H groups in total. The maximum Gasteiger partial charge on any atom is 0.327 e. The van der Waals surface area contributed by atoms with Crippen LogP contribution in [0.1, 0.15) is 30.5 Å². The minimum absolute atomic E-state index is 0.136. The van der Waals surface area contributed by atoms with Gasteiger partial charge in [0.25, 0.3) is 10.0 Å². The highest BCUT2D eigenvalue weighted by molar-refractivity contribution is 7.92. The van der Waals surface area contributed by atoms with E-state index >= 15 is 0 Å². The molecule has 0 fully saturated rings. The van der Waals surface area contributed by atoms with Gasteiger partial charge >= 0.3 is 5.97 Å². The minimum Gasteiger partial charge on any atom is -0.462 e. The predicted molar refractivity (Wildman–Crippen MR) is 103 cm³/mol. The lowest BCUT2D eigenvalue weighted by molar-refractivity contribution is -0.145. The molecule has 0 unspecified atom stereocenters. The third-order valence-corrected chi connectivity index (χ3v) is 5.62. The average Bonchev–Trinajstić information content (AvgIpc) is 2.53. The molecule has 0 aromatic heterocycles. The quantitative estimate of drug-likeness (QED) is 0.721. The van der Waals surface area contributed by atoms with Gasteiger partial charge in [0.05, 0.1) is 16.7 Å². The Hall–Kier alpha value is -2.34. The maximum atomic E-state index is 13.3. The van der Waals surface area contributed by atoms with Crippen molar-refractivity contribution in [3.63, 3.8) is 0 Å². The van der Waals surface area contributed by atoms with Crippen molar-refractivity contribution in [3.8, 4) is 0 Å². The Labute approximate surface area is 155 Å². The number of nitrogens with zero attached hydrogens (tertiary/aromatic N) is 1. The second-order valence-electron chi connectivity index (χ2n) is 6.61. The molecular formula is C20H25NO4S. The van der Waals surface area contributed by atoms with E-state index in [0.29, 0.717) is 5.69 Å². The maximum absolute atomic E-state index is 13.3. The number of ether oxygens (including phenoxy) is 1. The van der Waals surface area contributed by atoms with Crippen molar-refractivity contribution < 1.29 is 17.9 Å². The van der Waals surface area contributed by atoms with Gasteiger partial charge < -0.3 is 4.74 Å². The first-order valence-electron chi connectivity index (χ1n) is 8.48. The largest absolute Gasteiger partial charge is 0.462 e. The van der Waals surface area contributed by atoms with E-state index in [1.54, 1.807) is 32.0 Å². The molecule has 6 heteroatoms. The van der Waals surface area contributed by atoms with Gasteiger partial charge in [-0.05, 0) is 57.9 Å². The number of aryl methyl sites for hydroxylation is 3. The summed E-state index contributed by atoms with van der Waals surface area (Å²) in [5, 5.41) is 0. The van der Waals surface area contributed by atoms with Gasteiger partial charge in [0.2, 0.25) is 0 Å². The zero-order valence-corrected chi connectivity index (χ0v) is 16.6. The molecule has 0 saturated heterocycles. The van der Waals surface area contributed by atoms with Crippen LogP contribution in [-0.4, -0.2) is 27.0 Å². The third-order valence-electron chi connectivity index (χ3n) is 3.86. The normalized spacial score (nSPS) is 11.5. The molecule has 2 aromatic carbocycles. The zero-order valence-electron chi connectivity index (χ0n) is 15.8. The third kappa shape index (κ3) is 4.43. The molecule has 0 aliphatic heterocycles. The molecule has 0 saturated carbocycles. The topological polar surface area (TPSA) is 63.7 Å². The Bertz CT molecular complexity index is 866. The van der Waals surface area contributed by atoms with Crippen LogP contribution in [0.3, 0.4) is 0 Å². The first-order chi connectivity index (χ1) is 12.1. The number of carbonyl (C=O) groups is 1. The summed E-state index contributed by atoms with van der Waals surface area (Å²) in [7, 11) is -3.91. The van der Waals surface area contributed by atoms with Crippen molar-refractivity contribution in [1.29, 1.82) is 0 Å². The number of benzene rings is 2. The Morgan fingerprint density at radius 3 is 2.08 bits per heavy atom. The first kappa shape index (κ1) is 20.0. The van der Waals surface area contributed by atoms with Crippen LogP contribution in [0.2, 0.25) is 0 Å². The SMILES string of the molecule is Cc1cc(C)c(N(CC(=O)OC(C)C)S(=O)(=O)c2ccccc2)c(C)c1. The van der Waals surface area contributed by atoms with Crippen LogP contribution in [0.25, 0.3) is 0 Å². The van der Waals surface area contributed by atoms with Gasteiger partial charge in [-0.1, -0.05) is 35.9 Å². The molecule has 0 radical (unpaired) electrons. The molecule has 0 aliphatic rings. The Balaban J connectivity index is 2.59. The molecule has 0 amide bonds. The number of rotatable bonds is 6. The summed E-state index contributed by atoms with van der Waals surface area (Å²) in [5.41, 5.74) is 3.13. The Morgan fingerprint density at radius 1 is 1.04 bits per heavy atom. The van der Waals surface area contributed by atoms with Gasteiger partial charge in [-0.25, -0.2) is 8.42 Å². The first-order valence-corrected chi connectivity index (χ1v) is 9.92. The van der Waals surface area contributed by atoms with Crippen molar-refractivity contribution in [2.45, 2.75) is 45.6 Å². The standard InChI is InChI=1S/C20H25NO4S/c1-14(2)25-19(22)13-21(20-16(4)11-15(3)12-17(20)5)26(23,24)18-9-7-6-8-10-18/h6-12,14H,13H2,1-5H3. The second-order valence-corrected chi connectivity index (χ2v) is 8.47. The van der Waals surface area contributed by atoms with Gasteiger partial charge in [-0.3, -0.25) is 9.10 Å². The molecule has 0 aliphatic carbocycles. The highest BCUT2D eigenvalue weighted by atomic mass is 32.2. The summed E-state index contributed by atoms with van der Waals surface area (Å²) in [5.74, 6) is -0.584. The molecule has 0 spiro atoms. The van der Waals surface area contributed by atoms with Crippen molar-refractivity contribution in [2.75, 3.05) is 10.8 Å². The summed E-state index contributed by atoms with van der Waals surface area (Å²) < 4.78 is 32.9. The minimum atomic E-state index is -3.91. The van der Waals surface area contributed by atoms with E-state index in [9.17, 15) is 13.2 Å². The van der Waals surface area contributed by atoms with Crippen LogP contribution in [0, 0.1) is 20.8 Å². The van der Waals surface area contributed by atoms with E-state index < -0.39 is 16.0 Å². The van der Waals surface area contributed by atoms with Gasteiger partial charge in [0, 0.05) is 0 Å². The summed E-state index contributed by atoms with van der Waals surface area (Å²) in [6.07, 6.45) is -0.316. The summed E-state index contributed by atoms with van der Waals surface area (Å²) in [4.78, 5) is 12.4. The lowest BCUT2D eigenvalue weighted by Crippen LogP contribution is -2.38. The average molecular weight is 375 g/mol. The Kier molecular flexibility index (Phi) is 6.08. The fourth-order valence-corrected chi connectivity index (χ4v) is 4.55. The number of sulfonamides is 1. The van der Waals surface area contributed by atoms with Gasteiger partial charge in [-0.15, -0.1) is 0 Å². The lowest BCUT2D eigenvalue weighted by Gasteiger charge is -2.27. The summed E-state index contributed by atoms with van der Waals surface area (Å²) >= 11 is 0. The monoisotopic (exact) mass is 375 g/mol. The molecule has 2 aromatic rings. The van der Waals surface area contributed by atoms with Crippen LogP contribution in [0.5, 0.6) is 0 Å². The molecule has 5 nitrogen and oxygen atoms in total. The van der Waals surface area contributed by atoms with Crippen molar-refractivity contribution in [1.82, 2.24) is 0 Å². The Morgan fingerprint density at radius 2 is 1.58 bits per heavy atom. The van der Waals surface area contributed by atoms with Crippen LogP contribution in [0.4, 0.5) is 5.69 Å². The van der Waals surface area contributed by atoms with E-state index in [0.717, 1.165) is 21.0 Å². The predicted octanol–water partition coefficient (Wildman–Crippen LogP) is 3.76. The van der Waals surface area contributed by atoms with E-state index in [1.165, 1.54) is 12.1 Å². The van der Waals surface area contributed by atoms with E-state index in [4.69, 9.17) is 4.74 Å². The van der Waals surface area contributed by atoms with Crippen molar-refractivity contribution >= 4 is 21.7 Å². The van der Waals surface area contributed by atoms with Crippen molar-refractivity contribution in [2.24, 2.45) is 0 Å². The van der Waals surface area contributed by atoms with Crippen LogP contribution in [0.15, 0.2) is 47.4 Å². The number of esters is 1. The lowest BCUT2D eigenvalue weighted by atomic mass is 10.1. The van der Waals surface area contributed by atoms with Crippen LogP contribution in [-0.2, 0) is 19.6 Å². The fourth-order valence-electron chi connectivity index (χ4n) is 2.99. The highest BCUT2D eigenvalue weighted by Gasteiger charge is 2.30. The molecule has 0 heterocycles. The number of carbonyl (C=O) groups excluding carboxylic acids is 1. The smallest absolute Gasteiger partial charge is 0.327 e. The molecule has 0 atom stereocenters. The van der Waals surface area contributed by atoms with E-state index in [1.807, 2.05) is 32.9 Å². The van der Waals surface area contributed by atoms with Gasteiger partial charge in [-0.2, -0.15) is 0 Å². The number of anilines is 1.